The molecule has 9 heteroatoms. The zero-order valence-corrected chi connectivity index (χ0v) is 18.5. The van der Waals surface area contributed by atoms with Crippen LogP contribution in [0.3, 0.4) is 0 Å². The first-order valence-electron chi connectivity index (χ1n) is 10.2. The van der Waals surface area contributed by atoms with Gasteiger partial charge in [0.1, 0.15) is 5.75 Å². The Kier molecular flexibility index (Phi) is 7.29. The molecule has 0 radical (unpaired) electrons. The highest BCUT2D eigenvalue weighted by Crippen LogP contribution is 2.21. The standard InChI is InChI=1S/C22H27N3O5S/c1-16-9-10-19(13-17(16)2)30-15-21(26)23-24-22(27)18-7-6-8-20(14-18)31(28,29)25-11-4-3-5-12-25/h6-10,13-14H,3-5,11-12,15H2,1-2H3,(H,23,26)(H,24,27). The third-order valence-electron chi connectivity index (χ3n) is 5.21. The van der Waals surface area contributed by atoms with Gasteiger partial charge in [-0.2, -0.15) is 4.31 Å². The van der Waals surface area contributed by atoms with E-state index in [1.807, 2.05) is 26.0 Å². The van der Waals surface area contributed by atoms with E-state index in [9.17, 15) is 18.0 Å². The predicted molar refractivity (Wildman–Crippen MR) is 116 cm³/mol. The first kappa shape index (κ1) is 22.8. The van der Waals surface area contributed by atoms with E-state index in [2.05, 4.69) is 10.9 Å². The van der Waals surface area contributed by atoms with Gasteiger partial charge in [0, 0.05) is 18.7 Å². The van der Waals surface area contributed by atoms with E-state index in [0.29, 0.717) is 18.8 Å². The van der Waals surface area contributed by atoms with Gasteiger partial charge in [-0.05, 0) is 68.1 Å². The molecule has 0 aromatic heterocycles. The van der Waals surface area contributed by atoms with Crippen molar-refractivity contribution >= 4 is 21.8 Å². The third kappa shape index (κ3) is 5.83. The number of carbonyl (C=O) groups is 2. The van der Waals surface area contributed by atoms with E-state index in [-0.39, 0.29) is 17.1 Å². The Hall–Kier alpha value is -2.91. The summed E-state index contributed by atoms with van der Waals surface area (Å²) < 4.78 is 32.5. The van der Waals surface area contributed by atoms with Gasteiger partial charge in [-0.15, -0.1) is 0 Å². The average Bonchev–Trinajstić information content (AvgIpc) is 2.79. The summed E-state index contributed by atoms with van der Waals surface area (Å²) in [5.74, 6) is -0.598. The number of amides is 2. The van der Waals surface area contributed by atoms with E-state index in [0.717, 1.165) is 30.4 Å². The number of aryl methyl sites for hydroxylation is 2. The molecule has 3 rings (SSSR count). The number of hydrogen-bond donors (Lipinski definition) is 2. The molecule has 0 bridgehead atoms. The number of nitrogens with zero attached hydrogens (tertiary/aromatic N) is 1. The monoisotopic (exact) mass is 445 g/mol. The first-order chi connectivity index (χ1) is 14.8. The number of hydrazine groups is 1. The van der Waals surface area contributed by atoms with Gasteiger partial charge in [-0.3, -0.25) is 20.4 Å². The van der Waals surface area contributed by atoms with Crippen LogP contribution in [-0.2, 0) is 14.8 Å². The van der Waals surface area contributed by atoms with Crippen molar-refractivity contribution in [3.05, 3.63) is 59.2 Å². The van der Waals surface area contributed by atoms with Crippen LogP contribution in [0.2, 0.25) is 0 Å². The van der Waals surface area contributed by atoms with Crippen molar-refractivity contribution in [2.24, 2.45) is 0 Å². The van der Waals surface area contributed by atoms with Crippen LogP contribution in [0.4, 0.5) is 0 Å². The number of piperidine rings is 1. The van der Waals surface area contributed by atoms with Crippen LogP contribution in [0.5, 0.6) is 5.75 Å². The predicted octanol–water partition coefficient (Wildman–Crippen LogP) is 2.32. The molecular formula is C22H27N3O5S. The Bertz CT molecular complexity index is 1060. The maximum Gasteiger partial charge on any atom is 0.276 e. The molecule has 1 heterocycles. The van der Waals surface area contributed by atoms with Crippen molar-refractivity contribution in [3.63, 3.8) is 0 Å². The zero-order chi connectivity index (χ0) is 22.4. The minimum Gasteiger partial charge on any atom is -0.484 e. The van der Waals surface area contributed by atoms with Crippen LogP contribution in [0.15, 0.2) is 47.4 Å². The Morgan fingerprint density at radius 2 is 1.71 bits per heavy atom. The molecule has 0 unspecified atom stereocenters. The van der Waals surface area contributed by atoms with Gasteiger partial charge in [-0.1, -0.05) is 18.6 Å². The van der Waals surface area contributed by atoms with Crippen molar-refractivity contribution in [3.8, 4) is 5.75 Å². The quantitative estimate of drug-likeness (QED) is 0.664. The van der Waals surface area contributed by atoms with Crippen molar-refractivity contribution in [2.45, 2.75) is 38.0 Å². The van der Waals surface area contributed by atoms with Crippen LogP contribution < -0.4 is 15.6 Å². The first-order valence-corrected chi connectivity index (χ1v) is 11.6. The van der Waals surface area contributed by atoms with E-state index >= 15 is 0 Å². The van der Waals surface area contributed by atoms with Gasteiger partial charge in [-0.25, -0.2) is 8.42 Å². The Morgan fingerprint density at radius 1 is 0.968 bits per heavy atom. The van der Waals surface area contributed by atoms with Gasteiger partial charge in [0.15, 0.2) is 6.61 Å². The molecule has 2 aromatic rings. The Labute approximate surface area is 182 Å². The van der Waals surface area contributed by atoms with Crippen LogP contribution in [-0.4, -0.2) is 44.2 Å². The fourth-order valence-corrected chi connectivity index (χ4v) is 4.80. The third-order valence-corrected chi connectivity index (χ3v) is 7.11. The molecule has 1 saturated heterocycles. The zero-order valence-electron chi connectivity index (χ0n) is 17.7. The number of carbonyl (C=O) groups excluding carboxylic acids is 2. The topological polar surface area (TPSA) is 105 Å². The SMILES string of the molecule is Cc1ccc(OCC(=O)NNC(=O)c2cccc(S(=O)(=O)N3CCCCC3)c2)cc1C. The second-order valence-electron chi connectivity index (χ2n) is 7.53. The molecule has 2 amide bonds. The van der Waals surface area contributed by atoms with Crippen LogP contribution in [0.1, 0.15) is 40.7 Å². The molecule has 2 N–H and O–H groups in total. The van der Waals surface area contributed by atoms with Gasteiger partial charge in [0.05, 0.1) is 4.90 Å². The van der Waals surface area contributed by atoms with Crippen molar-refractivity contribution in [2.75, 3.05) is 19.7 Å². The largest absolute Gasteiger partial charge is 0.484 e. The number of sulfonamides is 1. The maximum absolute atomic E-state index is 12.8. The van der Waals surface area contributed by atoms with Crippen LogP contribution in [0.25, 0.3) is 0 Å². The van der Waals surface area contributed by atoms with Crippen LogP contribution >= 0.6 is 0 Å². The summed E-state index contributed by atoms with van der Waals surface area (Å²) in [6, 6.07) is 11.3. The lowest BCUT2D eigenvalue weighted by Crippen LogP contribution is -2.43. The van der Waals surface area contributed by atoms with Crippen molar-refractivity contribution in [1.82, 2.24) is 15.2 Å². The summed E-state index contributed by atoms with van der Waals surface area (Å²) in [7, 11) is -3.65. The molecule has 1 fully saturated rings. The number of ether oxygens (including phenoxy) is 1. The minimum atomic E-state index is -3.65. The molecule has 8 nitrogen and oxygen atoms in total. The molecule has 1 aliphatic rings. The van der Waals surface area contributed by atoms with E-state index < -0.39 is 21.8 Å². The molecule has 0 saturated carbocycles. The molecule has 0 aliphatic carbocycles. The highest BCUT2D eigenvalue weighted by molar-refractivity contribution is 7.89. The lowest BCUT2D eigenvalue weighted by molar-refractivity contribution is -0.123. The average molecular weight is 446 g/mol. The summed E-state index contributed by atoms with van der Waals surface area (Å²) in [5, 5.41) is 0. The smallest absolute Gasteiger partial charge is 0.276 e. The molecule has 166 valence electrons. The summed E-state index contributed by atoms with van der Waals surface area (Å²) >= 11 is 0. The number of rotatable bonds is 6. The fourth-order valence-electron chi connectivity index (χ4n) is 3.24. The molecule has 2 aromatic carbocycles. The minimum absolute atomic E-state index is 0.0615. The fraction of sp³-hybridized carbons (Fsp3) is 0.364. The van der Waals surface area contributed by atoms with E-state index in [4.69, 9.17) is 4.74 Å². The summed E-state index contributed by atoms with van der Waals surface area (Å²) in [6.45, 7) is 4.62. The van der Waals surface area contributed by atoms with Gasteiger partial charge >= 0.3 is 0 Å². The van der Waals surface area contributed by atoms with Gasteiger partial charge in [0.25, 0.3) is 11.8 Å². The van der Waals surface area contributed by atoms with Crippen molar-refractivity contribution in [1.29, 1.82) is 0 Å². The Balaban J connectivity index is 1.56. The lowest BCUT2D eigenvalue weighted by Gasteiger charge is -2.26. The second-order valence-corrected chi connectivity index (χ2v) is 9.47. The summed E-state index contributed by atoms with van der Waals surface area (Å²) in [5.41, 5.74) is 6.86. The number of nitrogens with one attached hydrogen (secondary N) is 2. The second kappa shape index (κ2) is 9.93. The molecule has 31 heavy (non-hydrogen) atoms. The maximum atomic E-state index is 12.8. The molecule has 0 spiro atoms. The summed E-state index contributed by atoms with van der Waals surface area (Å²) in [4.78, 5) is 24.4. The number of benzene rings is 2. The lowest BCUT2D eigenvalue weighted by atomic mass is 10.1. The van der Waals surface area contributed by atoms with Gasteiger partial charge < -0.3 is 4.74 Å². The Morgan fingerprint density at radius 3 is 2.42 bits per heavy atom. The van der Waals surface area contributed by atoms with E-state index in [1.165, 1.54) is 28.6 Å². The highest BCUT2D eigenvalue weighted by Gasteiger charge is 2.26. The number of hydrogen-bond acceptors (Lipinski definition) is 5. The molecule has 1 aliphatic heterocycles. The van der Waals surface area contributed by atoms with Crippen molar-refractivity contribution < 1.29 is 22.7 Å². The normalized spacial score (nSPS) is 14.6. The highest BCUT2D eigenvalue weighted by atomic mass is 32.2. The summed E-state index contributed by atoms with van der Waals surface area (Å²) in [6.07, 6.45) is 2.67. The van der Waals surface area contributed by atoms with Gasteiger partial charge in [0.2, 0.25) is 10.0 Å². The molecular weight excluding hydrogens is 418 g/mol. The van der Waals surface area contributed by atoms with E-state index in [1.54, 1.807) is 6.07 Å². The molecule has 0 atom stereocenters. The van der Waals surface area contributed by atoms with Crippen LogP contribution in [0, 0.1) is 13.8 Å².